The highest BCUT2D eigenvalue weighted by Gasteiger charge is 2.38. The maximum Gasteiger partial charge on any atom is 0.253 e. The fourth-order valence-corrected chi connectivity index (χ4v) is 5.91. The lowest BCUT2D eigenvalue weighted by Gasteiger charge is -2.37. The van der Waals surface area contributed by atoms with Gasteiger partial charge in [0, 0.05) is 42.6 Å². The van der Waals surface area contributed by atoms with E-state index in [1.54, 1.807) is 43.1 Å². The van der Waals surface area contributed by atoms with E-state index in [0.29, 0.717) is 17.0 Å². The Kier molecular flexibility index (Phi) is 7.50. The number of aliphatic hydroxyl groups is 1. The van der Waals surface area contributed by atoms with Crippen LogP contribution in [-0.2, 0) is 10.0 Å². The normalized spacial score (nSPS) is 22.4. The number of carbonyl (C=O) groups excluding carboxylic acids is 1. The van der Waals surface area contributed by atoms with E-state index < -0.39 is 22.2 Å². The molecule has 2 aliphatic rings. The van der Waals surface area contributed by atoms with Crippen LogP contribution in [0.25, 0.3) is 0 Å². The van der Waals surface area contributed by atoms with Gasteiger partial charge in [0.2, 0.25) is 10.0 Å². The standard InChI is InChI=1S/C27H32N2O5S/c1-19-16-29(20(2)18-30)35(32,33)26-14-13-22(12-11-21-9-10-21)15-24(26)34-25(19)17-28(3)27(31)23-7-5-4-6-8-23/h4-8,13-15,19-21,25,30H,9-10,16-18H2,1-3H3/t19-,20+,25-/m1/s1. The highest BCUT2D eigenvalue weighted by atomic mass is 32.2. The first-order chi connectivity index (χ1) is 16.7. The number of aliphatic hydroxyl groups excluding tert-OH is 1. The second-order valence-electron chi connectivity index (χ2n) is 9.50. The minimum atomic E-state index is -3.91. The Morgan fingerprint density at radius 1 is 1.23 bits per heavy atom. The summed E-state index contributed by atoms with van der Waals surface area (Å²) in [7, 11) is -2.20. The monoisotopic (exact) mass is 496 g/mol. The first kappa shape index (κ1) is 25.2. The van der Waals surface area contributed by atoms with E-state index in [1.807, 2.05) is 25.1 Å². The van der Waals surface area contributed by atoms with Crippen LogP contribution in [0.1, 0.15) is 42.6 Å². The number of fused-ring (bicyclic) bond motifs is 1. The van der Waals surface area contributed by atoms with Crippen molar-refractivity contribution in [3.05, 3.63) is 59.7 Å². The van der Waals surface area contributed by atoms with Gasteiger partial charge in [-0.05, 0) is 50.1 Å². The summed E-state index contributed by atoms with van der Waals surface area (Å²) in [5.41, 5.74) is 1.26. The van der Waals surface area contributed by atoms with Gasteiger partial charge < -0.3 is 14.7 Å². The van der Waals surface area contributed by atoms with Crippen LogP contribution in [0.4, 0.5) is 0 Å². The highest BCUT2D eigenvalue weighted by Crippen LogP contribution is 2.34. The van der Waals surface area contributed by atoms with Gasteiger partial charge in [0.15, 0.2) is 0 Å². The molecular weight excluding hydrogens is 464 g/mol. The van der Waals surface area contributed by atoms with Crippen molar-refractivity contribution in [3.63, 3.8) is 0 Å². The van der Waals surface area contributed by atoms with E-state index in [4.69, 9.17) is 4.74 Å². The third kappa shape index (κ3) is 5.69. The number of sulfonamides is 1. The van der Waals surface area contributed by atoms with Gasteiger partial charge in [-0.25, -0.2) is 8.42 Å². The van der Waals surface area contributed by atoms with E-state index in [1.165, 1.54) is 10.4 Å². The van der Waals surface area contributed by atoms with Crippen LogP contribution in [0, 0.1) is 23.7 Å². The van der Waals surface area contributed by atoms with Gasteiger partial charge in [0.05, 0.1) is 13.2 Å². The van der Waals surface area contributed by atoms with Crippen molar-refractivity contribution in [1.29, 1.82) is 0 Å². The van der Waals surface area contributed by atoms with Gasteiger partial charge >= 0.3 is 0 Å². The molecule has 35 heavy (non-hydrogen) atoms. The average molecular weight is 497 g/mol. The number of rotatable bonds is 5. The number of hydrogen-bond donors (Lipinski definition) is 1. The predicted octanol–water partition coefficient (Wildman–Crippen LogP) is 2.99. The van der Waals surface area contributed by atoms with Crippen molar-refractivity contribution in [3.8, 4) is 17.6 Å². The smallest absolute Gasteiger partial charge is 0.253 e. The molecule has 1 saturated carbocycles. The van der Waals surface area contributed by atoms with Gasteiger partial charge in [-0.1, -0.05) is 37.0 Å². The Morgan fingerprint density at radius 2 is 1.94 bits per heavy atom. The molecule has 186 valence electrons. The third-order valence-corrected chi connectivity index (χ3v) is 8.51. The topological polar surface area (TPSA) is 87.2 Å². The molecule has 1 aliphatic heterocycles. The molecular formula is C27H32N2O5S. The van der Waals surface area contributed by atoms with Crippen molar-refractivity contribution in [2.24, 2.45) is 11.8 Å². The maximum atomic E-state index is 13.6. The van der Waals surface area contributed by atoms with Gasteiger partial charge in [-0.15, -0.1) is 0 Å². The van der Waals surface area contributed by atoms with Crippen molar-refractivity contribution < 1.29 is 23.1 Å². The molecule has 1 amide bonds. The number of benzene rings is 2. The summed E-state index contributed by atoms with van der Waals surface area (Å²) in [4.78, 5) is 14.6. The fraction of sp³-hybridized carbons (Fsp3) is 0.444. The fourth-order valence-electron chi connectivity index (χ4n) is 4.09. The zero-order chi connectivity index (χ0) is 25.2. The summed E-state index contributed by atoms with van der Waals surface area (Å²) in [6.45, 7) is 3.71. The molecule has 0 radical (unpaired) electrons. The number of amides is 1. The number of nitrogens with zero attached hydrogens (tertiary/aromatic N) is 2. The summed E-state index contributed by atoms with van der Waals surface area (Å²) >= 11 is 0. The first-order valence-electron chi connectivity index (χ1n) is 12.0. The summed E-state index contributed by atoms with van der Waals surface area (Å²) in [5.74, 6) is 6.57. The molecule has 0 aromatic heterocycles. The average Bonchev–Trinajstić information content (AvgIpc) is 3.69. The first-order valence-corrected chi connectivity index (χ1v) is 13.4. The number of likely N-dealkylation sites (N-methyl/N-ethyl adjacent to an activating group) is 1. The van der Waals surface area contributed by atoms with Crippen molar-refractivity contribution in [2.75, 3.05) is 26.7 Å². The van der Waals surface area contributed by atoms with Crippen LogP contribution in [-0.4, -0.2) is 67.5 Å². The van der Waals surface area contributed by atoms with Crippen molar-refractivity contribution >= 4 is 15.9 Å². The lowest BCUT2D eigenvalue weighted by molar-refractivity contribution is 0.0563. The Balaban J connectivity index is 1.69. The molecule has 1 N–H and O–H groups in total. The van der Waals surface area contributed by atoms with E-state index in [-0.39, 0.29) is 42.2 Å². The minimum absolute atomic E-state index is 0.0451. The Bertz CT molecular complexity index is 1230. The molecule has 0 bridgehead atoms. The molecule has 8 heteroatoms. The van der Waals surface area contributed by atoms with Crippen LogP contribution in [0.2, 0.25) is 0 Å². The summed E-state index contributed by atoms with van der Waals surface area (Å²) in [5, 5.41) is 9.79. The molecule has 1 heterocycles. The zero-order valence-electron chi connectivity index (χ0n) is 20.3. The highest BCUT2D eigenvalue weighted by molar-refractivity contribution is 7.89. The van der Waals surface area contributed by atoms with Gasteiger partial charge in [-0.3, -0.25) is 4.79 Å². The molecule has 0 spiro atoms. The van der Waals surface area contributed by atoms with Gasteiger partial charge in [0.25, 0.3) is 5.91 Å². The molecule has 0 unspecified atom stereocenters. The second-order valence-corrected chi connectivity index (χ2v) is 11.4. The maximum absolute atomic E-state index is 13.6. The second kappa shape index (κ2) is 10.4. The van der Waals surface area contributed by atoms with Crippen molar-refractivity contribution in [1.82, 2.24) is 9.21 Å². The largest absolute Gasteiger partial charge is 0.487 e. The lowest BCUT2D eigenvalue weighted by Crippen LogP contribution is -2.50. The molecule has 0 saturated heterocycles. The Labute approximate surface area is 207 Å². The summed E-state index contributed by atoms with van der Waals surface area (Å²) < 4.78 is 34.8. The summed E-state index contributed by atoms with van der Waals surface area (Å²) in [6.07, 6.45) is 1.72. The van der Waals surface area contributed by atoms with Crippen LogP contribution in [0.5, 0.6) is 5.75 Å². The van der Waals surface area contributed by atoms with Crippen LogP contribution >= 0.6 is 0 Å². The predicted molar refractivity (Wildman–Crippen MR) is 133 cm³/mol. The molecule has 1 aliphatic carbocycles. The molecule has 4 rings (SSSR count). The zero-order valence-corrected chi connectivity index (χ0v) is 21.2. The Hall–Kier alpha value is -2.86. The molecule has 2 aromatic rings. The van der Waals surface area contributed by atoms with Crippen LogP contribution in [0.15, 0.2) is 53.4 Å². The SMILES string of the molecule is C[C@@H]1CN([C@@H](C)CO)S(=O)(=O)c2ccc(C#CC3CC3)cc2O[C@@H]1CN(C)C(=O)c1ccccc1. The van der Waals surface area contributed by atoms with E-state index in [0.717, 1.165) is 12.8 Å². The van der Waals surface area contributed by atoms with Crippen LogP contribution in [0.3, 0.4) is 0 Å². The minimum Gasteiger partial charge on any atom is -0.487 e. The van der Waals surface area contributed by atoms with Crippen LogP contribution < -0.4 is 4.74 Å². The molecule has 7 nitrogen and oxygen atoms in total. The number of carbonyl (C=O) groups is 1. The van der Waals surface area contributed by atoms with E-state index in [2.05, 4.69) is 11.8 Å². The van der Waals surface area contributed by atoms with E-state index >= 15 is 0 Å². The van der Waals surface area contributed by atoms with E-state index in [9.17, 15) is 18.3 Å². The lowest BCUT2D eigenvalue weighted by atomic mass is 10.0. The quantitative estimate of drug-likeness (QED) is 0.643. The Morgan fingerprint density at radius 3 is 2.60 bits per heavy atom. The van der Waals surface area contributed by atoms with Crippen molar-refractivity contribution in [2.45, 2.75) is 43.7 Å². The third-order valence-electron chi connectivity index (χ3n) is 6.49. The molecule has 3 atom stereocenters. The van der Waals surface area contributed by atoms with Gasteiger partial charge in [-0.2, -0.15) is 4.31 Å². The number of hydrogen-bond acceptors (Lipinski definition) is 5. The number of ether oxygens (including phenoxy) is 1. The van der Waals surface area contributed by atoms with Gasteiger partial charge in [0.1, 0.15) is 16.7 Å². The summed E-state index contributed by atoms with van der Waals surface area (Å²) in [6, 6.07) is 13.3. The molecule has 1 fully saturated rings. The molecule has 2 aromatic carbocycles.